The first kappa shape index (κ1) is 16.1. The summed E-state index contributed by atoms with van der Waals surface area (Å²) in [6.07, 6.45) is 4.12. The zero-order valence-corrected chi connectivity index (χ0v) is 15.4. The van der Waals surface area contributed by atoms with E-state index in [1.807, 2.05) is 23.1 Å². The Hall–Kier alpha value is -2.41. The zero-order chi connectivity index (χ0) is 17.4. The van der Waals surface area contributed by atoms with E-state index in [0.29, 0.717) is 22.2 Å². The third-order valence-corrected chi connectivity index (χ3v) is 5.10. The van der Waals surface area contributed by atoms with Gasteiger partial charge in [0.2, 0.25) is 5.95 Å². The van der Waals surface area contributed by atoms with Gasteiger partial charge in [0.05, 0.1) is 10.5 Å². The standard InChI is InChI=1S/C18H19BrN6/c1-11(12-5-3-2-4-6-12)25(18-21-10-14(19)17(20)22-18)16-9-15(23-24-16)13-7-8-13/h2-6,9-11,13H,7-8H2,1H3,(H,23,24)(H2,20,21,22). The van der Waals surface area contributed by atoms with E-state index >= 15 is 0 Å². The van der Waals surface area contributed by atoms with Gasteiger partial charge in [-0.15, -0.1) is 0 Å². The molecule has 0 amide bonds. The summed E-state index contributed by atoms with van der Waals surface area (Å²) >= 11 is 3.36. The highest BCUT2D eigenvalue weighted by Gasteiger charge is 2.29. The van der Waals surface area contributed by atoms with Crippen LogP contribution in [0.1, 0.15) is 43.0 Å². The van der Waals surface area contributed by atoms with Crippen LogP contribution in [0.3, 0.4) is 0 Å². The van der Waals surface area contributed by atoms with Crippen molar-refractivity contribution in [3.63, 3.8) is 0 Å². The average Bonchev–Trinajstić information content (AvgIpc) is 3.37. The van der Waals surface area contributed by atoms with Crippen molar-refractivity contribution in [1.29, 1.82) is 0 Å². The number of anilines is 3. The van der Waals surface area contributed by atoms with Gasteiger partial charge in [0.25, 0.3) is 0 Å². The predicted octanol–water partition coefficient (Wildman–Crippen LogP) is 4.32. The minimum Gasteiger partial charge on any atom is -0.383 e. The topological polar surface area (TPSA) is 83.7 Å². The molecule has 4 rings (SSSR count). The summed E-state index contributed by atoms with van der Waals surface area (Å²) in [6.45, 7) is 2.11. The fraction of sp³-hybridized carbons (Fsp3) is 0.278. The number of aromatic amines is 1. The molecule has 3 aromatic rings. The van der Waals surface area contributed by atoms with Crippen LogP contribution in [-0.2, 0) is 0 Å². The molecule has 3 N–H and O–H groups in total. The third-order valence-electron chi connectivity index (χ3n) is 4.49. The predicted molar refractivity (Wildman–Crippen MR) is 102 cm³/mol. The zero-order valence-electron chi connectivity index (χ0n) is 13.9. The summed E-state index contributed by atoms with van der Waals surface area (Å²) in [5, 5.41) is 7.68. The summed E-state index contributed by atoms with van der Waals surface area (Å²) < 4.78 is 0.685. The number of H-pyrrole nitrogens is 1. The van der Waals surface area contributed by atoms with Gasteiger partial charge in [-0.25, -0.2) is 4.98 Å². The van der Waals surface area contributed by atoms with Crippen LogP contribution in [0.2, 0.25) is 0 Å². The molecule has 0 saturated heterocycles. The normalized spacial score (nSPS) is 15.1. The number of aromatic nitrogens is 4. The highest BCUT2D eigenvalue weighted by Crippen LogP contribution is 2.41. The van der Waals surface area contributed by atoms with Crippen LogP contribution >= 0.6 is 15.9 Å². The van der Waals surface area contributed by atoms with Gasteiger partial charge in [-0.2, -0.15) is 10.1 Å². The Bertz CT molecular complexity index is 874. The number of halogens is 1. The summed E-state index contributed by atoms with van der Waals surface area (Å²) in [7, 11) is 0. The number of nitrogens with zero attached hydrogens (tertiary/aromatic N) is 4. The van der Waals surface area contributed by atoms with E-state index < -0.39 is 0 Å². The molecule has 1 fully saturated rings. The lowest BCUT2D eigenvalue weighted by Gasteiger charge is -2.27. The second-order valence-corrected chi connectivity index (χ2v) is 7.17. The van der Waals surface area contributed by atoms with Gasteiger partial charge in [0.1, 0.15) is 5.82 Å². The first-order valence-corrected chi connectivity index (χ1v) is 9.10. The second kappa shape index (κ2) is 6.48. The molecule has 25 heavy (non-hydrogen) atoms. The maximum Gasteiger partial charge on any atom is 0.233 e. The third kappa shape index (κ3) is 3.24. The molecule has 0 radical (unpaired) electrons. The van der Waals surface area contributed by atoms with E-state index in [4.69, 9.17) is 5.73 Å². The van der Waals surface area contributed by atoms with Crippen molar-refractivity contribution in [1.82, 2.24) is 20.2 Å². The summed E-state index contributed by atoms with van der Waals surface area (Å²) in [5.41, 5.74) is 8.31. The SMILES string of the molecule is CC(c1ccccc1)N(c1cc(C2CC2)[nH]n1)c1ncc(Br)c(N)n1. The van der Waals surface area contributed by atoms with Gasteiger partial charge < -0.3 is 5.73 Å². The molecule has 2 aromatic heterocycles. The molecule has 0 spiro atoms. The molecule has 1 atom stereocenters. The lowest BCUT2D eigenvalue weighted by molar-refractivity contribution is 0.736. The number of benzene rings is 1. The van der Waals surface area contributed by atoms with Crippen molar-refractivity contribution < 1.29 is 0 Å². The Morgan fingerprint density at radius 3 is 2.72 bits per heavy atom. The van der Waals surface area contributed by atoms with Crippen molar-refractivity contribution in [2.24, 2.45) is 0 Å². The number of hydrogen-bond acceptors (Lipinski definition) is 5. The van der Waals surface area contributed by atoms with Crippen LogP contribution in [0.25, 0.3) is 0 Å². The van der Waals surface area contributed by atoms with Crippen molar-refractivity contribution in [2.45, 2.75) is 31.7 Å². The summed E-state index contributed by atoms with van der Waals surface area (Å²) in [6, 6.07) is 12.4. The minimum atomic E-state index is 0.0112. The number of hydrogen-bond donors (Lipinski definition) is 2. The number of nitrogens with one attached hydrogen (secondary N) is 1. The Morgan fingerprint density at radius 2 is 2.04 bits per heavy atom. The van der Waals surface area contributed by atoms with E-state index in [-0.39, 0.29) is 6.04 Å². The van der Waals surface area contributed by atoms with Crippen LogP contribution < -0.4 is 10.6 Å². The molecule has 6 nitrogen and oxygen atoms in total. The van der Waals surface area contributed by atoms with Crippen LogP contribution in [0.4, 0.5) is 17.6 Å². The summed E-state index contributed by atoms with van der Waals surface area (Å²) in [4.78, 5) is 10.9. The molecule has 2 heterocycles. The van der Waals surface area contributed by atoms with Gasteiger partial charge >= 0.3 is 0 Å². The molecule has 1 aromatic carbocycles. The lowest BCUT2D eigenvalue weighted by atomic mass is 10.1. The van der Waals surface area contributed by atoms with Crippen molar-refractivity contribution in [3.8, 4) is 0 Å². The van der Waals surface area contributed by atoms with Gasteiger partial charge in [-0.3, -0.25) is 10.00 Å². The fourth-order valence-electron chi connectivity index (χ4n) is 2.89. The van der Waals surface area contributed by atoms with Crippen molar-refractivity contribution >= 4 is 33.5 Å². The molecule has 7 heteroatoms. The largest absolute Gasteiger partial charge is 0.383 e. The highest BCUT2D eigenvalue weighted by molar-refractivity contribution is 9.10. The molecule has 1 unspecified atom stereocenters. The van der Waals surface area contributed by atoms with Crippen molar-refractivity contribution in [3.05, 3.63) is 58.3 Å². The first-order valence-electron chi connectivity index (χ1n) is 8.31. The van der Waals surface area contributed by atoms with E-state index in [1.165, 1.54) is 18.5 Å². The van der Waals surface area contributed by atoms with Crippen LogP contribution in [0.5, 0.6) is 0 Å². The Kier molecular flexibility index (Phi) is 4.17. The molecule has 1 aliphatic rings. The van der Waals surface area contributed by atoms with E-state index in [0.717, 1.165) is 11.4 Å². The fourth-order valence-corrected chi connectivity index (χ4v) is 3.08. The maximum atomic E-state index is 5.99. The first-order chi connectivity index (χ1) is 12.1. The maximum absolute atomic E-state index is 5.99. The Morgan fingerprint density at radius 1 is 1.28 bits per heavy atom. The van der Waals surface area contributed by atoms with Crippen LogP contribution in [0, 0.1) is 0 Å². The van der Waals surface area contributed by atoms with Crippen LogP contribution in [0.15, 0.2) is 47.1 Å². The second-order valence-electron chi connectivity index (χ2n) is 6.32. The monoisotopic (exact) mass is 398 g/mol. The number of nitrogens with two attached hydrogens (primary N) is 1. The van der Waals surface area contributed by atoms with Gasteiger partial charge in [-0.05, 0) is 41.3 Å². The van der Waals surface area contributed by atoms with Gasteiger partial charge in [0, 0.05) is 23.9 Å². The molecular formula is C18H19BrN6. The van der Waals surface area contributed by atoms with Crippen LogP contribution in [-0.4, -0.2) is 20.2 Å². The van der Waals surface area contributed by atoms with Crippen molar-refractivity contribution in [2.75, 3.05) is 10.6 Å². The highest BCUT2D eigenvalue weighted by atomic mass is 79.9. The molecule has 1 saturated carbocycles. The molecule has 128 valence electrons. The van der Waals surface area contributed by atoms with E-state index in [9.17, 15) is 0 Å². The molecule has 1 aliphatic carbocycles. The quantitative estimate of drug-likeness (QED) is 0.668. The molecular weight excluding hydrogens is 380 g/mol. The average molecular weight is 399 g/mol. The summed E-state index contributed by atoms with van der Waals surface area (Å²) in [5.74, 6) is 2.35. The Balaban J connectivity index is 1.77. The van der Waals surface area contributed by atoms with E-state index in [1.54, 1.807) is 6.20 Å². The lowest BCUT2D eigenvalue weighted by Crippen LogP contribution is -2.24. The molecule has 0 bridgehead atoms. The minimum absolute atomic E-state index is 0.0112. The van der Waals surface area contributed by atoms with Gasteiger partial charge in [0.15, 0.2) is 5.82 Å². The Labute approximate surface area is 154 Å². The number of nitrogen functional groups attached to an aromatic ring is 1. The smallest absolute Gasteiger partial charge is 0.233 e. The molecule has 0 aliphatic heterocycles. The van der Waals surface area contributed by atoms with E-state index in [2.05, 4.69) is 61.2 Å². The van der Waals surface area contributed by atoms with Gasteiger partial charge in [-0.1, -0.05) is 30.3 Å². The number of rotatable bonds is 5.